The van der Waals surface area contributed by atoms with E-state index in [4.69, 9.17) is 10.5 Å². The number of carbonyl (C=O) groups excluding carboxylic acids is 1. The molecule has 336 valence electrons. The van der Waals surface area contributed by atoms with Crippen LogP contribution in [-0.2, 0) is 17.1 Å². The number of alkyl halides is 12. The third-order valence-corrected chi connectivity index (χ3v) is 7.46. The Balaban J connectivity index is 0.000000243. The van der Waals surface area contributed by atoms with Gasteiger partial charge in [0.25, 0.3) is 0 Å². The summed E-state index contributed by atoms with van der Waals surface area (Å²) in [7, 11) is 0. The normalized spacial score (nSPS) is 12.3. The molecule has 6 rings (SSSR count). The Morgan fingerprint density at radius 3 is 1.43 bits per heavy atom. The van der Waals surface area contributed by atoms with Crippen molar-refractivity contribution in [3.8, 4) is 45.4 Å². The average Bonchev–Trinajstić information content (AvgIpc) is 3.72. The number of nitrogen functional groups attached to an aromatic ring is 1. The highest BCUT2D eigenvalue weighted by molar-refractivity contribution is 5.85. The lowest BCUT2D eigenvalue weighted by Crippen LogP contribution is -2.27. The molecule has 0 aliphatic carbocycles. The number of anilines is 2. The second-order valence-electron chi connectivity index (χ2n) is 13.6. The summed E-state index contributed by atoms with van der Waals surface area (Å²) in [5, 5.41) is 10.1. The summed E-state index contributed by atoms with van der Waals surface area (Å²) in [6, 6.07) is 7.97. The SMILES string of the molecule is CC(C)(C)OC(=O)Nc1cc(-c2cc(F)cc(OC(F)(F)F)c2)n(-c2cncc(C(F)(F)F)c2)n1.Nc1cc(-c2cc(F)cc(OC(F)(F)F)c2)n(-c2cncc(C(F)(F)F)c2)n1. The molecule has 0 saturated heterocycles. The van der Waals surface area contributed by atoms with Gasteiger partial charge < -0.3 is 19.9 Å². The van der Waals surface area contributed by atoms with Gasteiger partial charge in [0.2, 0.25) is 0 Å². The Morgan fingerprint density at radius 1 is 0.587 bits per heavy atom. The first-order chi connectivity index (χ1) is 28.9. The van der Waals surface area contributed by atoms with Crippen LogP contribution in [0.1, 0.15) is 31.9 Å². The monoisotopic (exact) mass is 912 g/mol. The van der Waals surface area contributed by atoms with Crippen molar-refractivity contribution in [2.75, 3.05) is 11.1 Å². The zero-order valence-corrected chi connectivity index (χ0v) is 31.8. The van der Waals surface area contributed by atoms with Crippen LogP contribution in [-0.4, -0.2) is 53.9 Å². The Morgan fingerprint density at radius 2 is 1.02 bits per heavy atom. The van der Waals surface area contributed by atoms with Crippen LogP contribution in [0.25, 0.3) is 33.9 Å². The summed E-state index contributed by atoms with van der Waals surface area (Å²) in [5.74, 6) is -4.35. The van der Waals surface area contributed by atoms with E-state index < -0.39 is 71.0 Å². The summed E-state index contributed by atoms with van der Waals surface area (Å²) >= 11 is 0. The highest BCUT2D eigenvalue weighted by Crippen LogP contribution is 2.36. The first-order valence-corrected chi connectivity index (χ1v) is 17.1. The van der Waals surface area contributed by atoms with Gasteiger partial charge in [-0.05, 0) is 57.2 Å². The number of hydrogen-bond acceptors (Lipinski definition) is 9. The van der Waals surface area contributed by atoms with Crippen molar-refractivity contribution in [1.82, 2.24) is 29.5 Å². The van der Waals surface area contributed by atoms with Gasteiger partial charge in [0, 0.05) is 47.8 Å². The quantitative estimate of drug-likeness (QED) is 0.150. The Kier molecular flexibility index (Phi) is 12.9. The molecule has 63 heavy (non-hydrogen) atoms. The number of nitrogens with zero attached hydrogens (tertiary/aromatic N) is 6. The summed E-state index contributed by atoms with van der Waals surface area (Å²) in [6.45, 7) is 4.75. The smallest absolute Gasteiger partial charge is 0.444 e. The molecule has 12 nitrogen and oxygen atoms in total. The topological polar surface area (TPSA) is 144 Å². The number of nitrogens with two attached hydrogens (primary N) is 1. The third kappa shape index (κ3) is 13.2. The van der Waals surface area contributed by atoms with Crippen molar-refractivity contribution in [2.24, 2.45) is 0 Å². The van der Waals surface area contributed by atoms with Crippen molar-refractivity contribution in [1.29, 1.82) is 0 Å². The van der Waals surface area contributed by atoms with E-state index in [1.165, 1.54) is 0 Å². The van der Waals surface area contributed by atoms with Crippen LogP contribution < -0.4 is 20.5 Å². The predicted octanol–water partition coefficient (Wildman–Crippen LogP) is 10.9. The summed E-state index contributed by atoms with van der Waals surface area (Å²) in [4.78, 5) is 19.1. The molecule has 2 aromatic carbocycles. The molecule has 4 heterocycles. The molecule has 0 atom stereocenters. The molecule has 0 fully saturated rings. The standard InChI is InChI=1S/C21H17F7N4O3.C16H9F7N4O/c1-19(2,3)35-18(33)30-17-8-16(11-4-13(22)7-15(5-11)34-21(26,27)28)32(31-17)14-6-12(9-29-10-14)20(23,24)25;17-10-1-8(2-12(4-10)28-16(21,22)23)13-5-14(24)26-27(13)11-3-9(6-25-7-11)15(18,19)20/h4-10H,1-3H3,(H,30,31,33);1-7H,(H2,24,26). The van der Waals surface area contributed by atoms with Gasteiger partial charge in [0.15, 0.2) is 5.82 Å². The minimum Gasteiger partial charge on any atom is -0.444 e. The zero-order chi connectivity index (χ0) is 46.9. The van der Waals surface area contributed by atoms with Crippen LogP contribution in [0.4, 0.5) is 77.9 Å². The number of halogens is 14. The van der Waals surface area contributed by atoms with Crippen molar-refractivity contribution >= 4 is 17.7 Å². The fourth-order valence-electron chi connectivity index (χ4n) is 5.26. The molecule has 0 unspecified atom stereocenters. The van der Waals surface area contributed by atoms with E-state index in [1.54, 1.807) is 20.8 Å². The Hall–Kier alpha value is -7.15. The fraction of sp³-hybridized carbons (Fsp3) is 0.216. The van der Waals surface area contributed by atoms with Crippen molar-refractivity contribution in [2.45, 2.75) is 51.4 Å². The molecule has 0 aliphatic rings. The number of nitrogens with one attached hydrogen (secondary N) is 1. The Bertz CT molecular complexity index is 2600. The van der Waals surface area contributed by atoms with Gasteiger partial charge in [-0.1, -0.05) is 0 Å². The molecule has 0 saturated carbocycles. The van der Waals surface area contributed by atoms with Crippen LogP contribution in [0, 0.1) is 11.6 Å². The predicted molar refractivity (Wildman–Crippen MR) is 191 cm³/mol. The van der Waals surface area contributed by atoms with E-state index in [0.29, 0.717) is 30.6 Å². The molecule has 26 heteroatoms. The third-order valence-electron chi connectivity index (χ3n) is 7.46. The lowest BCUT2D eigenvalue weighted by molar-refractivity contribution is -0.275. The molecule has 1 amide bonds. The number of pyridine rings is 2. The summed E-state index contributed by atoms with van der Waals surface area (Å²) < 4.78 is 196. The van der Waals surface area contributed by atoms with Crippen molar-refractivity contribution < 1.29 is 80.5 Å². The number of ether oxygens (including phenoxy) is 3. The van der Waals surface area contributed by atoms with Crippen LogP contribution in [0.5, 0.6) is 11.5 Å². The van der Waals surface area contributed by atoms with E-state index in [9.17, 15) is 66.3 Å². The molecule has 0 aliphatic heterocycles. The maximum atomic E-state index is 14.1. The second-order valence-corrected chi connectivity index (χ2v) is 13.6. The molecule has 4 aromatic heterocycles. The summed E-state index contributed by atoms with van der Waals surface area (Å²) in [6.07, 6.45) is -17.4. The maximum Gasteiger partial charge on any atom is 0.573 e. The number of carbonyl (C=O) groups is 1. The van der Waals surface area contributed by atoms with Gasteiger partial charge in [-0.15, -0.1) is 31.4 Å². The maximum absolute atomic E-state index is 14.1. The van der Waals surface area contributed by atoms with Gasteiger partial charge in [0.05, 0.1) is 46.3 Å². The van der Waals surface area contributed by atoms with Crippen LogP contribution in [0.2, 0.25) is 0 Å². The van der Waals surface area contributed by atoms with E-state index in [2.05, 4.69) is 35.0 Å². The minimum absolute atomic E-state index is 0.0647. The molecule has 0 spiro atoms. The zero-order valence-electron chi connectivity index (χ0n) is 31.8. The number of benzene rings is 2. The van der Waals surface area contributed by atoms with E-state index in [1.807, 2.05) is 0 Å². The van der Waals surface area contributed by atoms with E-state index in [0.717, 1.165) is 64.2 Å². The lowest BCUT2D eigenvalue weighted by atomic mass is 10.1. The van der Waals surface area contributed by atoms with Crippen molar-refractivity contribution in [3.05, 3.63) is 108 Å². The van der Waals surface area contributed by atoms with Crippen molar-refractivity contribution in [3.63, 3.8) is 0 Å². The molecule has 0 bridgehead atoms. The number of amides is 1. The van der Waals surface area contributed by atoms with Crippen LogP contribution in [0.15, 0.2) is 85.5 Å². The largest absolute Gasteiger partial charge is 0.573 e. The number of aromatic nitrogens is 6. The van der Waals surface area contributed by atoms with Gasteiger partial charge in [-0.2, -0.15) is 31.4 Å². The first kappa shape index (κ1) is 46.9. The lowest BCUT2D eigenvalue weighted by Gasteiger charge is -2.19. The van der Waals surface area contributed by atoms with Gasteiger partial charge >= 0.3 is 31.2 Å². The first-order valence-electron chi connectivity index (χ1n) is 17.1. The van der Waals surface area contributed by atoms with E-state index >= 15 is 0 Å². The average molecular weight is 913 g/mol. The molecule has 6 aromatic rings. The second kappa shape index (κ2) is 17.3. The Labute approximate surface area is 343 Å². The van der Waals surface area contributed by atoms with Crippen LogP contribution >= 0.6 is 0 Å². The van der Waals surface area contributed by atoms with Gasteiger partial charge in [0.1, 0.15) is 34.6 Å². The summed E-state index contributed by atoms with van der Waals surface area (Å²) in [5.41, 5.74) is 1.38. The minimum atomic E-state index is -5.13. The highest BCUT2D eigenvalue weighted by Gasteiger charge is 2.35. The molecular formula is C37H26F14N8O4. The molecule has 3 N–H and O–H groups in total. The van der Waals surface area contributed by atoms with Gasteiger partial charge in [-0.3, -0.25) is 15.3 Å². The fourth-order valence-corrected chi connectivity index (χ4v) is 5.26. The van der Waals surface area contributed by atoms with E-state index in [-0.39, 0.29) is 45.5 Å². The van der Waals surface area contributed by atoms with Crippen LogP contribution in [0.3, 0.4) is 0 Å². The highest BCUT2D eigenvalue weighted by atomic mass is 19.4. The number of hydrogen-bond donors (Lipinski definition) is 2. The molecule has 0 radical (unpaired) electrons. The van der Waals surface area contributed by atoms with Gasteiger partial charge in [-0.25, -0.2) is 22.9 Å². The molecular weight excluding hydrogens is 886 g/mol. The number of rotatable bonds is 7.